The molecule has 0 aromatic carbocycles. The van der Waals surface area contributed by atoms with Gasteiger partial charge in [0.25, 0.3) is 0 Å². The van der Waals surface area contributed by atoms with E-state index in [1.54, 1.807) is 0 Å². The molecule has 0 radical (unpaired) electrons. The predicted molar refractivity (Wildman–Crippen MR) is 83.2 cm³/mol. The summed E-state index contributed by atoms with van der Waals surface area (Å²) in [6.07, 6.45) is 0. The molecule has 1 N–H and O–H groups in total. The quantitative estimate of drug-likeness (QED) is 0.917. The van der Waals surface area contributed by atoms with Gasteiger partial charge in [0.05, 0.1) is 18.8 Å². The van der Waals surface area contributed by atoms with Gasteiger partial charge in [0.2, 0.25) is 0 Å². The van der Waals surface area contributed by atoms with E-state index in [0.717, 1.165) is 37.8 Å². The Morgan fingerprint density at radius 3 is 2.80 bits per heavy atom. The maximum absolute atomic E-state index is 5.59. The summed E-state index contributed by atoms with van der Waals surface area (Å²) in [7, 11) is 0. The SMILES string of the molecule is Cc1cc(CNC(C)C)cc(N2CCOCC2(C)C)n1. The van der Waals surface area contributed by atoms with Crippen LogP contribution in [0.25, 0.3) is 0 Å². The number of ether oxygens (including phenoxy) is 1. The van der Waals surface area contributed by atoms with Crippen molar-refractivity contribution in [3.8, 4) is 0 Å². The number of nitrogens with zero attached hydrogens (tertiary/aromatic N) is 2. The van der Waals surface area contributed by atoms with E-state index >= 15 is 0 Å². The van der Waals surface area contributed by atoms with Crippen LogP contribution in [0.15, 0.2) is 12.1 Å². The van der Waals surface area contributed by atoms with Crippen molar-refractivity contribution in [1.82, 2.24) is 10.3 Å². The largest absolute Gasteiger partial charge is 0.377 e. The minimum absolute atomic E-state index is 0.00178. The lowest BCUT2D eigenvalue weighted by molar-refractivity contribution is 0.0639. The number of hydrogen-bond acceptors (Lipinski definition) is 4. The third-order valence-corrected chi connectivity index (χ3v) is 3.64. The molecule has 2 heterocycles. The fraction of sp³-hybridized carbons (Fsp3) is 0.688. The summed E-state index contributed by atoms with van der Waals surface area (Å²) in [6.45, 7) is 14.1. The molecular formula is C16H27N3O. The van der Waals surface area contributed by atoms with Crippen LogP contribution in [0.1, 0.15) is 39.0 Å². The molecule has 1 aromatic heterocycles. The lowest BCUT2D eigenvalue weighted by atomic mass is 10.0. The number of morpholine rings is 1. The van der Waals surface area contributed by atoms with Crippen molar-refractivity contribution in [3.63, 3.8) is 0 Å². The molecule has 4 heteroatoms. The summed E-state index contributed by atoms with van der Waals surface area (Å²) >= 11 is 0. The smallest absolute Gasteiger partial charge is 0.129 e. The summed E-state index contributed by atoms with van der Waals surface area (Å²) in [4.78, 5) is 7.09. The summed E-state index contributed by atoms with van der Waals surface area (Å²) in [5, 5.41) is 3.47. The zero-order valence-electron chi connectivity index (χ0n) is 13.4. The molecule has 0 spiro atoms. The molecule has 0 bridgehead atoms. The summed E-state index contributed by atoms with van der Waals surface area (Å²) in [6, 6.07) is 4.86. The van der Waals surface area contributed by atoms with Crippen LogP contribution < -0.4 is 10.2 Å². The maximum Gasteiger partial charge on any atom is 0.129 e. The summed E-state index contributed by atoms with van der Waals surface area (Å²) in [5.74, 6) is 1.07. The van der Waals surface area contributed by atoms with Crippen molar-refractivity contribution >= 4 is 5.82 Å². The summed E-state index contributed by atoms with van der Waals surface area (Å²) in [5.41, 5.74) is 2.37. The van der Waals surface area contributed by atoms with Crippen LogP contribution in [0, 0.1) is 6.92 Å². The molecular weight excluding hydrogens is 250 g/mol. The van der Waals surface area contributed by atoms with Crippen LogP contribution in [0.4, 0.5) is 5.82 Å². The van der Waals surface area contributed by atoms with Gasteiger partial charge in [0.15, 0.2) is 0 Å². The van der Waals surface area contributed by atoms with E-state index in [1.165, 1.54) is 5.56 Å². The van der Waals surface area contributed by atoms with Gasteiger partial charge in [-0.3, -0.25) is 0 Å². The number of pyridine rings is 1. The van der Waals surface area contributed by atoms with Gasteiger partial charge < -0.3 is 15.0 Å². The molecule has 20 heavy (non-hydrogen) atoms. The normalized spacial score (nSPS) is 18.6. The van der Waals surface area contributed by atoms with Gasteiger partial charge >= 0.3 is 0 Å². The Bertz CT molecular complexity index is 457. The zero-order valence-corrected chi connectivity index (χ0v) is 13.4. The maximum atomic E-state index is 5.59. The topological polar surface area (TPSA) is 37.4 Å². The van der Waals surface area contributed by atoms with E-state index in [1.807, 2.05) is 0 Å². The lowest BCUT2D eigenvalue weighted by Gasteiger charge is -2.43. The number of aromatic nitrogens is 1. The molecule has 1 aliphatic heterocycles. The molecule has 1 aliphatic rings. The first-order chi connectivity index (χ1) is 9.38. The Kier molecular flexibility index (Phi) is 4.66. The third-order valence-electron chi connectivity index (χ3n) is 3.64. The van der Waals surface area contributed by atoms with Gasteiger partial charge in [-0.2, -0.15) is 0 Å². The Labute approximate surface area is 122 Å². The second-order valence-corrected chi connectivity index (χ2v) is 6.53. The van der Waals surface area contributed by atoms with Crippen molar-refractivity contribution < 1.29 is 4.74 Å². The Hall–Kier alpha value is -1.13. The molecule has 0 amide bonds. The summed E-state index contributed by atoms with van der Waals surface area (Å²) < 4.78 is 5.59. The molecule has 2 rings (SSSR count). The van der Waals surface area contributed by atoms with Crippen molar-refractivity contribution in [2.75, 3.05) is 24.7 Å². The highest BCUT2D eigenvalue weighted by Crippen LogP contribution is 2.26. The highest BCUT2D eigenvalue weighted by Gasteiger charge is 2.31. The minimum Gasteiger partial charge on any atom is -0.377 e. The first kappa shape index (κ1) is 15.3. The Morgan fingerprint density at radius 2 is 2.15 bits per heavy atom. The van der Waals surface area contributed by atoms with Crippen LogP contribution in [0.5, 0.6) is 0 Å². The molecule has 0 atom stereocenters. The average Bonchev–Trinajstić information content (AvgIpc) is 2.35. The molecule has 1 saturated heterocycles. The second kappa shape index (κ2) is 6.10. The number of rotatable bonds is 4. The lowest BCUT2D eigenvalue weighted by Crippen LogP contribution is -2.53. The fourth-order valence-corrected chi connectivity index (χ4v) is 2.57. The van der Waals surface area contributed by atoms with E-state index in [9.17, 15) is 0 Å². The van der Waals surface area contributed by atoms with E-state index in [-0.39, 0.29) is 5.54 Å². The van der Waals surface area contributed by atoms with Gasteiger partial charge in [-0.25, -0.2) is 4.98 Å². The van der Waals surface area contributed by atoms with Gasteiger partial charge in [-0.1, -0.05) is 13.8 Å². The van der Waals surface area contributed by atoms with Crippen LogP contribution >= 0.6 is 0 Å². The minimum atomic E-state index is 0.00178. The van der Waals surface area contributed by atoms with E-state index in [0.29, 0.717) is 6.04 Å². The van der Waals surface area contributed by atoms with Crippen molar-refractivity contribution in [1.29, 1.82) is 0 Å². The molecule has 1 fully saturated rings. The zero-order chi connectivity index (χ0) is 14.8. The van der Waals surface area contributed by atoms with Crippen LogP contribution in [0.2, 0.25) is 0 Å². The third kappa shape index (κ3) is 3.70. The number of anilines is 1. The number of aryl methyl sites for hydroxylation is 1. The molecule has 0 aliphatic carbocycles. The van der Waals surface area contributed by atoms with Crippen LogP contribution in [0.3, 0.4) is 0 Å². The highest BCUT2D eigenvalue weighted by molar-refractivity contribution is 5.45. The van der Waals surface area contributed by atoms with Crippen molar-refractivity contribution in [2.24, 2.45) is 0 Å². The average molecular weight is 277 g/mol. The highest BCUT2D eigenvalue weighted by atomic mass is 16.5. The van der Waals surface area contributed by atoms with Crippen LogP contribution in [-0.2, 0) is 11.3 Å². The number of nitrogens with one attached hydrogen (secondary N) is 1. The molecule has 112 valence electrons. The molecule has 4 nitrogen and oxygen atoms in total. The van der Waals surface area contributed by atoms with Gasteiger partial charge in [0.1, 0.15) is 5.82 Å². The fourth-order valence-electron chi connectivity index (χ4n) is 2.57. The predicted octanol–water partition coefficient (Wildman–Crippen LogP) is 2.50. The van der Waals surface area contributed by atoms with E-state index < -0.39 is 0 Å². The van der Waals surface area contributed by atoms with Crippen molar-refractivity contribution in [2.45, 2.75) is 52.7 Å². The Morgan fingerprint density at radius 1 is 1.40 bits per heavy atom. The second-order valence-electron chi connectivity index (χ2n) is 6.53. The Balaban J connectivity index is 2.22. The number of hydrogen-bond donors (Lipinski definition) is 1. The van der Waals surface area contributed by atoms with Crippen LogP contribution in [-0.4, -0.2) is 36.3 Å². The van der Waals surface area contributed by atoms with Gasteiger partial charge in [-0.05, 0) is 38.5 Å². The molecule has 1 aromatic rings. The first-order valence-electron chi connectivity index (χ1n) is 7.45. The molecule has 0 unspecified atom stereocenters. The molecule has 0 saturated carbocycles. The monoisotopic (exact) mass is 277 g/mol. The first-order valence-corrected chi connectivity index (χ1v) is 7.45. The van der Waals surface area contributed by atoms with Gasteiger partial charge in [-0.15, -0.1) is 0 Å². The van der Waals surface area contributed by atoms with E-state index in [4.69, 9.17) is 9.72 Å². The standard InChI is InChI=1S/C16H27N3O/c1-12(2)17-10-14-8-13(3)18-15(9-14)19-6-7-20-11-16(19,4)5/h8-9,12,17H,6-7,10-11H2,1-5H3. The van der Waals surface area contributed by atoms with Crippen molar-refractivity contribution in [3.05, 3.63) is 23.4 Å². The van der Waals surface area contributed by atoms with Gasteiger partial charge in [0, 0.05) is 24.8 Å². The van der Waals surface area contributed by atoms with E-state index in [2.05, 4.69) is 57.0 Å².